The monoisotopic (exact) mass is 454 g/mol. The molecule has 0 spiro atoms. The molecule has 0 amide bonds. The predicted molar refractivity (Wildman–Crippen MR) is 114 cm³/mol. The Kier molecular flexibility index (Phi) is 6.96. The lowest BCUT2D eigenvalue weighted by molar-refractivity contribution is 0.302. The van der Waals surface area contributed by atoms with Gasteiger partial charge >= 0.3 is 0 Å². The molecule has 1 heterocycles. The van der Waals surface area contributed by atoms with Crippen LogP contribution in [0, 0.1) is 19.7 Å². The van der Waals surface area contributed by atoms with Gasteiger partial charge in [0.2, 0.25) is 10.0 Å². The summed E-state index contributed by atoms with van der Waals surface area (Å²) in [5, 5.41) is 0. The van der Waals surface area contributed by atoms with Gasteiger partial charge in [-0.3, -0.25) is 0 Å². The quantitative estimate of drug-likeness (QED) is 0.671. The predicted octanol–water partition coefficient (Wildman–Crippen LogP) is 2.61. The van der Waals surface area contributed by atoms with Gasteiger partial charge in [-0.2, -0.15) is 4.31 Å². The highest BCUT2D eigenvalue weighted by Gasteiger charge is 2.27. The summed E-state index contributed by atoms with van der Waals surface area (Å²) < 4.78 is 65.8. The number of sulfone groups is 1. The Bertz CT molecular complexity index is 1100. The van der Waals surface area contributed by atoms with Gasteiger partial charge < -0.3 is 4.90 Å². The molecule has 164 valence electrons. The van der Waals surface area contributed by atoms with E-state index in [9.17, 15) is 21.2 Å². The molecule has 2 aromatic rings. The van der Waals surface area contributed by atoms with Crippen LogP contribution in [-0.2, 0) is 19.9 Å². The number of sulfonamides is 1. The third kappa shape index (κ3) is 5.26. The molecule has 0 N–H and O–H groups in total. The lowest BCUT2D eigenvalue weighted by Gasteiger charge is -2.22. The van der Waals surface area contributed by atoms with Gasteiger partial charge in [-0.25, -0.2) is 21.2 Å². The summed E-state index contributed by atoms with van der Waals surface area (Å²) in [4.78, 5) is 2.41. The average molecular weight is 455 g/mol. The van der Waals surface area contributed by atoms with Crippen molar-refractivity contribution in [3.63, 3.8) is 0 Å². The van der Waals surface area contributed by atoms with Gasteiger partial charge in [0.15, 0.2) is 9.84 Å². The van der Waals surface area contributed by atoms with Crippen LogP contribution < -0.4 is 0 Å². The summed E-state index contributed by atoms with van der Waals surface area (Å²) in [6.45, 7) is 5.68. The molecule has 1 aliphatic rings. The molecule has 3 rings (SSSR count). The number of halogens is 1. The molecular formula is C21H27FN2O4S2. The zero-order chi connectivity index (χ0) is 21.9. The molecule has 0 aliphatic carbocycles. The number of rotatable bonds is 6. The fraction of sp³-hybridized carbons (Fsp3) is 0.429. The number of nitrogens with zero attached hydrogens (tertiary/aromatic N) is 2. The molecule has 6 nitrogen and oxygen atoms in total. The van der Waals surface area contributed by atoms with E-state index in [0.29, 0.717) is 37.5 Å². The van der Waals surface area contributed by atoms with Crippen LogP contribution in [0.5, 0.6) is 0 Å². The summed E-state index contributed by atoms with van der Waals surface area (Å²) in [6, 6.07) is 10.2. The second-order valence-corrected chi connectivity index (χ2v) is 11.7. The Morgan fingerprint density at radius 3 is 2.30 bits per heavy atom. The maximum Gasteiger partial charge on any atom is 0.243 e. The SMILES string of the molecule is Cc1ccc(C)c(S(=O)(=O)CCN2CCCN(S(=O)(=O)c3ccc(F)cc3)CC2)c1. The molecule has 1 saturated heterocycles. The zero-order valence-electron chi connectivity index (χ0n) is 17.2. The van der Waals surface area contributed by atoms with Crippen molar-refractivity contribution in [1.82, 2.24) is 9.21 Å². The van der Waals surface area contributed by atoms with Crippen molar-refractivity contribution >= 4 is 19.9 Å². The lowest BCUT2D eigenvalue weighted by atomic mass is 10.2. The average Bonchev–Trinajstić information content (AvgIpc) is 2.95. The van der Waals surface area contributed by atoms with E-state index in [1.165, 1.54) is 16.4 Å². The van der Waals surface area contributed by atoms with E-state index in [2.05, 4.69) is 0 Å². The first-order chi connectivity index (χ1) is 14.1. The van der Waals surface area contributed by atoms with Crippen molar-refractivity contribution in [2.45, 2.75) is 30.1 Å². The fourth-order valence-electron chi connectivity index (χ4n) is 3.57. The third-order valence-corrected chi connectivity index (χ3v) is 9.10. The number of hydrogen-bond acceptors (Lipinski definition) is 5. The van der Waals surface area contributed by atoms with E-state index in [-0.39, 0.29) is 17.2 Å². The van der Waals surface area contributed by atoms with Crippen LogP contribution in [-0.4, -0.2) is 64.5 Å². The number of benzene rings is 2. The zero-order valence-corrected chi connectivity index (χ0v) is 18.8. The van der Waals surface area contributed by atoms with Gasteiger partial charge in [-0.1, -0.05) is 12.1 Å². The van der Waals surface area contributed by atoms with Crippen LogP contribution in [0.4, 0.5) is 4.39 Å². The van der Waals surface area contributed by atoms with E-state index in [1.54, 1.807) is 13.0 Å². The molecule has 2 aromatic carbocycles. The normalized spacial score (nSPS) is 17.0. The summed E-state index contributed by atoms with van der Waals surface area (Å²) in [6.07, 6.45) is 0.601. The molecule has 0 saturated carbocycles. The Hall–Kier alpha value is -1.81. The van der Waals surface area contributed by atoms with E-state index in [0.717, 1.165) is 23.3 Å². The number of aryl methyl sites for hydroxylation is 2. The highest BCUT2D eigenvalue weighted by Crippen LogP contribution is 2.20. The van der Waals surface area contributed by atoms with E-state index in [4.69, 9.17) is 0 Å². The third-order valence-electron chi connectivity index (χ3n) is 5.35. The maximum atomic E-state index is 13.1. The van der Waals surface area contributed by atoms with Crippen molar-refractivity contribution in [2.75, 3.05) is 38.5 Å². The van der Waals surface area contributed by atoms with E-state index in [1.807, 2.05) is 24.0 Å². The molecule has 30 heavy (non-hydrogen) atoms. The molecule has 9 heteroatoms. The summed E-state index contributed by atoms with van der Waals surface area (Å²) in [5.74, 6) is -0.497. The molecule has 0 radical (unpaired) electrons. The van der Waals surface area contributed by atoms with Gasteiger partial charge in [-0.05, 0) is 68.3 Å². The van der Waals surface area contributed by atoms with Crippen LogP contribution in [0.3, 0.4) is 0 Å². The van der Waals surface area contributed by atoms with Crippen LogP contribution in [0.15, 0.2) is 52.3 Å². The standard InChI is InChI=1S/C21H27FN2O4S2/c1-17-4-5-18(2)21(16-17)29(25,26)15-14-23-10-3-11-24(13-12-23)30(27,28)20-8-6-19(22)7-9-20/h4-9,16H,3,10-15H2,1-2H3. The minimum absolute atomic E-state index is 0.0119. The first kappa shape index (κ1) is 22.9. The van der Waals surface area contributed by atoms with Crippen LogP contribution in [0.25, 0.3) is 0 Å². The minimum atomic E-state index is -3.70. The molecular weight excluding hydrogens is 427 g/mol. The van der Waals surface area contributed by atoms with Gasteiger partial charge in [0.1, 0.15) is 5.82 Å². The second kappa shape index (κ2) is 9.13. The highest BCUT2D eigenvalue weighted by molar-refractivity contribution is 7.91. The summed E-state index contributed by atoms with van der Waals surface area (Å²) >= 11 is 0. The molecule has 0 aromatic heterocycles. The first-order valence-electron chi connectivity index (χ1n) is 9.88. The molecule has 0 bridgehead atoms. The Morgan fingerprint density at radius 1 is 0.900 bits per heavy atom. The van der Waals surface area contributed by atoms with Crippen molar-refractivity contribution in [2.24, 2.45) is 0 Å². The van der Waals surface area contributed by atoms with Crippen molar-refractivity contribution in [3.8, 4) is 0 Å². The van der Waals surface area contributed by atoms with E-state index >= 15 is 0 Å². The van der Waals surface area contributed by atoms with Crippen molar-refractivity contribution in [3.05, 3.63) is 59.4 Å². The van der Waals surface area contributed by atoms with Gasteiger partial charge in [0.05, 0.1) is 15.5 Å². The van der Waals surface area contributed by atoms with Crippen LogP contribution >= 0.6 is 0 Å². The van der Waals surface area contributed by atoms with E-state index < -0.39 is 25.7 Å². The summed E-state index contributed by atoms with van der Waals surface area (Å²) in [7, 11) is -7.12. The summed E-state index contributed by atoms with van der Waals surface area (Å²) in [5.41, 5.74) is 1.63. The Balaban J connectivity index is 1.64. The van der Waals surface area contributed by atoms with Gasteiger partial charge in [0, 0.05) is 26.2 Å². The highest BCUT2D eigenvalue weighted by atomic mass is 32.2. The molecule has 0 unspecified atom stereocenters. The van der Waals surface area contributed by atoms with Gasteiger partial charge in [0.25, 0.3) is 0 Å². The minimum Gasteiger partial charge on any atom is -0.301 e. The Morgan fingerprint density at radius 2 is 1.60 bits per heavy atom. The lowest BCUT2D eigenvalue weighted by Crippen LogP contribution is -2.36. The Labute approximate surface area is 178 Å². The first-order valence-corrected chi connectivity index (χ1v) is 13.0. The molecule has 0 atom stereocenters. The topological polar surface area (TPSA) is 74.8 Å². The van der Waals surface area contributed by atoms with Crippen LogP contribution in [0.1, 0.15) is 17.5 Å². The van der Waals surface area contributed by atoms with Crippen LogP contribution in [0.2, 0.25) is 0 Å². The number of hydrogen-bond donors (Lipinski definition) is 0. The molecule has 1 fully saturated rings. The maximum absolute atomic E-state index is 13.1. The molecule has 1 aliphatic heterocycles. The van der Waals surface area contributed by atoms with Crippen molar-refractivity contribution in [1.29, 1.82) is 0 Å². The smallest absolute Gasteiger partial charge is 0.243 e. The fourth-order valence-corrected chi connectivity index (χ4v) is 6.68. The second-order valence-electron chi connectivity index (χ2n) is 7.64. The van der Waals surface area contributed by atoms with Gasteiger partial charge in [-0.15, -0.1) is 0 Å². The largest absolute Gasteiger partial charge is 0.301 e. The van der Waals surface area contributed by atoms with Crippen molar-refractivity contribution < 1.29 is 21.2 Å².